The predicted molar refractivity (Wildman–Crippen MR) is 86.6 cm³/mol. The van der Waals surface area contributed by atoms with Crippen molar-refractivity contribution in [1.29, 1.82) is 0 Å². The first kappa shape index (κ1) is 15.6. The molecule has 21 heavy (non-hydrogen) atoms. The molecule has 1 amide bonds. The van der Waals surface area contributed by atoms with E-state index in [-0.39, 0.29) is 5.91 Å². The summed E-state index contributed by atoms with van der Waals surface area (Å²) < 4.78 is 5.36. The van der Waals surface area contributed by atoms with Gasteiger partial charge < -0.3 is 20.7 Å². The summed E-state index contributed by atoms with van der Waals surface area (Å²) in [4.78, 5) is 13.3. The van der Waals surface area contributed by atoms with Crippen LogP contribution in [-0.2, 0) is 9.53 Å². The fourth-order valence-corrected chi connectivity index (χ4v) is 2.67. The molecule has 1 heterocycles. The molecule has 0 aromatic heterocycles. The first-order valence-electron chi connectivity index (χ1n) is 7.61. The molecule has 1 aliphatic rings. The third kappa shape index (κ3) is 4.11. The van der Waals surface area contributed by atoms with Crippen LogP contribution in [0.2, 0.25) is 0 Å². The number of anilines is 3. The van der Waals surface area contributed by atoms with Gasteiger partial charge in [0.05, 0.1) is 11.4 Å². The highest BCUT2D eigenvalue weighted by atomic mass is 16.5. The Morgan fingerprint density at radius 1 is 1.43 bits per heavy atom. The summed E-state index contributed by atoms with van der Waals surface area (Å²) in [6.45, 7) is 6.78. The number of hydrogen-bond donors (Lipinski definition) is 2. The van der Waals surface area contributed by atoms with Crippen molar-refractivity contribution >= 4 is 23.0 Å². The van der Waals surface area contributed by atoms with Gasteiger partial charge in [-0.15, -0.1) is 0 Å². The van der Waals surface area contributed by atoms with Crippen LogP contribution >= 0.6 is 0 Å². The van der Waals surface area contributed by atoms with E-state index in [0.29, 0.717) is 18.2 Å². The topological polar surface area (TPSA) is 67.6 Å². The predicted octanol–water partition coefficient (Wildman–Crippen LogP) is 2.48. The minimum atomic E-state index is 0.0276. The van der Waals surface area contributed by atoms with Crippen LogP contribution in [-0.4, -0.2) is 32.2 Å². The molecule has 0 radical (unpaired) electrons. The van der Waals surface area contributed by atoms with E-state index in [2.05, 4.69) is 5.32 Å². The lowest BCUT2D eigenvalue weighted by atomic mass is 10.0. The maximum atomic E-state index is 11.6. The van der Waals surface area contributed by atoms with Gasteiger partial charge in [-0.1, -0.05) is 0 Å². The summed E-state index contributed by atoms with van der Waals surface area (Å²) in [5.74, 6) is 0.669. The van der Waals surface area contributed by atoms with E-state index in [9.17, 15) is 4.79 Å². The van der Waals surface area contributed by atoms with Gasteiger partial charge in [0, 0.05) is 38.9 Å². The molecule has 116 valence electrons. The van der Waals surface area contributed by atoms with Crippen LogP contribution in [0.1, 0.15) is 26.7 Å². The highest BCUT2D eigenvalue weighted by Gasteiger charge is 2.14. The molecule has 0 unspecified atom stereocenters. The second-order valence-corrected chi connectivity index (χ2v) is 5.47. The zero-order valence-electron chi connectivity index (χ0n) is 12.9. The third-order valence-electron chi connectivity index (χ3n) is 3.97. The number of nitrogens with two attached hydrogens (primary N) is 1. The summed E-state index contributed by atoms with van der Waals surface area (Å²) in [6, 6.07) is 5.75. The Morgan fingerprint density at radius 2 is 2.14 bits per heavy atom. The molecule has 1 aliphatic heterocycles. The highest BCUT2D eigenvalue weighted by molar-refractivity contribution is 5.92. The molecule has 3 N–H and O–H groups in total. The van der Waals surface area contributed by atoms with Crippen LogP contribution in [0.5, 0.6) is 0 Å². The molecule has 0 saturated carbocycles. The molecule has 1 saturated heterocycles. The molecule has 1 aromatic carbocycles. The highest BCUT2D eigenvalue weighted by Crippen LogP contribution is 2.26. The lowest BCUT2D eigenvalue weighted by Gasteiger charge is -2.24. The van der Waals surface area contributed by atoms with Gasteiger partial charge in [0.25, 0.3) is 0 Å². The van der Waals surface area contributed by atoms with E-state index >= 15 is 0 Å². The lowest BCUT2D eigenvalue weighted by molar-refractivity contribution is -0.116. The molecular weight excluding hydrogens is 266 g/mol. The van der Waals surface area contributed by atoms with Crippen LogP contribution in [0, 0.1) is 5.92 Å². The van der Waals surface area contributed by atoms with Crippen molar-refractivity contribution in [3.05, 3.63) is 18.2 Å². The van der Waals surface area contributed by atoms with E-state index in [1.54, 1.807) is 11.8 Å². The molecule has 0 aliphatic carbocycles. The van der Waals surface area contributed by atoms with Gasteiger partial charge in [0.1, 0.15) is 0 Å². The zero-order valence-corrected chi connectivity index (χ0v) is 12.9. The molecule has 2 rings (SSSR count). The molecule has 1 fully saturated rings. The minimum absolute atomic E-state index is 0.0276. The van der Waals surface area contributed by atoms with Gasteiger partial charge in [-0.25, -0.2) is 0 Å². The number of carbonyl (C=O) groups excluding carboxylic acids is 1. The molecule has 0 spiro atoms. The summed E-state index contributed by atoms with van der Waals surface area (Å²) in [5, 5.41) is 3.41. The van der Waals surface area contributed by atoms with Crippen molar-refractivity contribution in [2.24, 2.45) is 5.92 Å². The first-order valence-corrected chi connectivity index (χ1v) is 7.61. The number of nitrogen functional groups attached to an aromatic ring is 1. The van der Waals surface area contributed by atoms with Crippen molar-refractivity contribution in [3.63, 3.8) is 0 Å². The fourth-order valence-electron chi connectivity index (χ4n) is 2.67. The second-order valence-electron chi connectivity index (χ2n) is 5.47. The number of hydrogen-bond acceptors (Lipinski definition) is 4. The number of benzene rings is 1. The third-order valence-corrected chi connectivity index (χ3v) is 3.97. The Labute approximate surface area is 126 Å². The van der Waals surface area contributed by atoms with Crippen molar-refractivity contribution in [1.82, 2.24) is 0 Å². The van der Waals surface area contributed by atoms with Gasteiger partial charge in [-0.2, -0.15) is 0 Å². The molecule has 5 nitrogen and oxygen atoms in total. The van der Waals surface area contributed by atoms with Crippen LogP contribution in [0.4, 0.5) is 17.1 Å². The van der Waals surface area contributed by atoms with E-state index in [1.165, 1.54) is 0 Å². The number of carbonyl (C=O) groups is 1. The number of amides is 1. The van der Waals surface area contributed by atoms with E-state index in [4.69, 9.17) is 10.5 Å². The molecule has 5 heteroatoms. The number of rotatable bonds is 5. The molecule has 1 aromatic rings. The second kappa shape index (κ2) is 7.31. The number of nitrogens with zero attached hydrogens (tertiary/aromatic N) is 1. The Bertz CT molecular complexity index is 484. The first-order chi connectivity index (χ1) is 10.1. The van der Waals surface area contributed by atoms with Gasteiger partial charge >= 0.3 is 0 Å². The molecule has 0 atom stereocenters. The molecule has 0 bridgehead atoms. The average molecular weight is 291 g/mol. The fraction of sp³-hybridized carbons (Fsp3) is 0.562. The van der Waals surface area contributed by atoms with Gasteiger partial charge in [-0.05, 0) is 43.9 Å². The van der Waals surface area contributed by atoms with Crippen LogP contribution in [0.15, 0.2) is 18.2 Å². The van der Waals surface area contributed by atoms with Gasteiger partial charge in [0.15, 0.2) is 0 Å². The van der Waals surface area contributed by atoms with Crippen molar-refractivity contribution in [2.45, 2.75) is 26.7 Å². The van der Waals surface area contributed by atoms with Crippen LogP contribution in [0.25, 0.3) is 0 Å². The molecular formula is C16H25N3O2. The summed E-state index contributed by atoms with van der Waals surface area (Å²) in [7, 11) is 0. The maximum Gasteiger partial charge on any atom is 0.223 e. The van der Waals surface area contributed by atoms with Gasteiger partial charge in [0.2, 0.25) is 5.91 Å². The Morgan fingerprint density at radius 3 is 2.71 bits per heavy atom. The minimum Gasteiger partial charge on any atom is -0.397 e. The lowest BCUT2D eigenvalue weighted by Crippen LogP contribution is -2.28. The Balaban J connectivity index is 1.99. The Hall–Kier alpha value is -1.75. The summed E-state index contributed by atoms with van der Waals surface area (Å²) >= 11 is 0. The maximum absolute atomic E-state index is 11.6. The van der Waals surface area contributed by atoms with Crippen molar-refractivity contribution in [2.75, 3.05) is 42.3 Å². The Kier molecular flexibility index (Phi) is 5.44. The van der Waals surface area contributed by atoms with Gasteiger partial charge in [-0.3, -0.25) is 4.79 Å². The zero-order chi connectivity index (χ0) is 15.2. The number of nitrogens with one attached hydrogen (secondary N) is 1. The number of ether oxygens (including phenoxy) is 1. The van der Waals surface area contributed by atoms with Crippen molar-refractivity contribution < 1.29 is 9.53 Å². The normalized spacial score (nSPS) is 15.7. The standard InChI is InChI=1S/C16H25N3O2/c1-3-19(12(2)20)14-4-5-16(15(17)10-14)18-11-13-6-8-21-9-7-13/h4-5,10,13,18H,3,6-9,11,17H2,1-2H3. The largest absolute Gasteiger partial charge is 0.397 e. The van der Waals surface area contributed by atoms with Crippen LogP contribution in [0.3, 0.4) is 0 Å². The van der Waals surface area contributed by atoms with E-state index in [0.717, 1.165) is 44.0 Å². The van der Waals surface area contributed by atoms with Crippen LogP contribution < -0.4 is 16.0 Å². The van der Waals surface area contributed by atoms with E-state index in [1.807, 2.05) is 25.1 Å². The van der Waals surface area contributed by atoms with Crippen molar-refractivity contribution in [3.8, 4) is 0 Å². The monoisotopic (exact) mass is 291 g/mol. The SMILES string of the molecule is CCN(C(C)=O)c1ccc(NCC2CCOCC2)c(N)c1. The average Bonchev–Trinajstić information content (AvgIpc) is 2.48. The smallest absolute Gasteiger partial charge is 0.223 e. The summed E-state index contributed by atoms with van der Waals surface area (Å²) in [5.41, 5.74) is 8.57. The quantitative estimate of drug-likeness (QED) is 0.818. The van der Waals surface area contributed by atoms with E-state index < -0.39 is 0 Å². The summed E-state index contributed by atoms with van der Waals surface area (Å²) in [6.07, 6.45) is 2.19.